The maximum absolute atomic E-state index is 8.40. The molecule has 3 N–H and O–H groups in total. The van der Waals surface area contributed by atoms with Gasteiger partial charge in [0, 0.05) is 0 Å². The molecule has 0 saturated heterocycles. The van der Waals surface area contributed by atoms with Gasteiger partial charge in [0.25, 0.3) is 0 Å². The van der Waals surface area contributed by atoms with Crippen LogP contribution in [0.3, 0.4) is 0 Å². The van der Waals surface area contributed by atoms with E-state index in [2.05, 4.69) is 0 Å². The van der Waals surface area contributed by atoms with E-state index in [0.717, 1.165) is 18.3 Å². The highest BCUT2D eigenvalue weighted by molar-refractivity contribution is 6.31. The Bertz CT molecular complexity index is 179. The number of rotatable bonds is 2. The molecule has 1 aliphatic rings. The Kier molecular flexibility index (Phi) is 3.63. The lowest BCUT2D eigenvalue weighted by Crippen LogP contribution is -2.73. The quantitative estimate of drug-likeness (QED) is 0.612. The summed E-state index contributed by atoms with van der Waals surface area (Å²) >= 11 is 5.75. The zero-order chi connectivity index (χ0) is 8.10. The first kappa shape index (κ1) is 8.78. The molecule has 0 aromatic rings. The van der Waals surface area contributed by atoms with Crippen LogP contribution in [0.15, 0.2) is 22.9 Å². The molecule has 0 aromatic carbocycles. The largest absolute Gasteiger partial charge is 0.216 e. The lowest BCUT2D eigenvalue weighted by atomic mass is 10.2. The second-order valence-electron chi connectivity index (χ2n) is 2.71. The van der Waals surface area contributed by atoms with Gasteiger partial charge in [0.1, 0.15) is 6.20 Å². The monoisotopic (exact) mass is 174 g/mol. The number of hydrogen-bond donors (Lipinski definition) is 2. The summed E-state index contributed by atoms with van der Waals surface area (Å²) in [6, 6.07) is 0. The summed E-state index contributed by atoms with van der Waals surface area (Å²) in [5.74, 6) is 0. The zero-order valence-electron chi connectivity index (χ0n) is 6.39. The fraction of sp³-hybridized carbons (Fsp3) is 0.500. The Morgan fingerprint density at radius 3 is 2.64 bits per heavy atom. The minimum Gasteiger partial charge on any atom is -0.216 e. The van der Waals surface area contributed by atoms with Crippen LogP contribution in [0.4, 0.5) is 0 Å². The third-order valence-electron chi connectivity index (χ3n) is 1.82. The van der Waals surface area contributed by atoms with Crippen LogP contribution in [-0.2, 0) is 0 Å². The van der Waals surface area contributed by atoms with Crippen molar-refractivity contribution in [2.24, 2.45) is 0 Å². The molecule has 0 spiro atoms. The molecule has 0 amide bonds. The molecule has 1 fully saturated rings. The maximum atomic E-state index is 8.40. The van der Waals surface area contributed by atoms with E-state index in [9.17, 15) is 0 Å². The highest BCUT2D eigenvalue weighted by Crippen LogP contribution is 2.25. The average Bonchev–Trinajstić information content (AvgIpc) is 2.40. The van der Waals surface area contributed by atoms with Crippen molar-refractivity contribution in [3.05, 3.63) is 22.9 Å². The first-order valence-corrected chi connectivity index (χ1v) is 4.23. The molecular weight excluding hydrogens is 162 g/mol. The van der Waals surface area contributed by atoms with E-state index < -0.39 is 0 Å². The van der Waals surface area contributed by atoms with Crippen LogP contribution >= 0.6 is 11.6 Å². The lowest BCUT2D eigenvalue weighted by Gasteiger charge is -1.91. The standard InChI is InChI=1S/C8H12ClNO/c9-8(6-10-11)5-7-3-1-2-4-7/h5-6,10-11H,1-4H2/p+1/b8-6+. The fourth-order valence-electron chi connectivity index (χ4n) is 1.29. The molecule has 1 rings (SSSR count). The molecule has 0 heterocycles. The van der Waals surface area contributed by atoms with Crippen molar-refractivity contribution in [2.75, 3.05) is 0 Å². The fourth-order valence-corrected chi connectivity index (χ4v) is 1.50. The zero-order valence-corrected chi connectivity index (χ0v) is 7.14. The number of halogens is 1. The molecule has 0 bridgehead atoms. The number of nitrogens with two attached hydrogens (primary N) is 1. The third-order valence-corrected chi connectivity index (χ3v) is 2.06. The van der Waals surface area contributed by atoms with Gasteiger partial charge in [-0.2, -0.15) is 5.48 Å². The van der Waals surface area contributed by atoms with Gasteiger partial charge >= 0.3 is 0 Å². The normalized spacial score (nSPS) is 19.1. The van der Waals surface area contributed by atoms with E-state index in [-0.39, 0.29) is 0 Å². The van der Waals surface area contributed by atoms with Crippen LogP contribution in [0.1, 0.15) is 25.7 Å². The first-order chi connectivity index (χ1) is 5.33. The summed E-state index contributed by atoms with van der Waals surface area (Å²) < 4.78 is 0. The molecule has 0 aliphatic heterocycles. The minimum atomic E-state index is 0.615. The van der Waals surface area contributed by atoms with Gasteiger partial charge < -0.3 is 0 Å². The Morgan fingerprint density at radius 2 is 2.09 bits per heavy atom. The van der Waals surface area contributed by atoms with E-state index in [1.54, 1.807) is 0 Å². The maximum Gasteiger partial charge on any atom is 0.144 e. The van der Waals surface area contributed by atoms with Crippen molar-refractivity contribution in [3.63, 3.8) is 0 Å². The second kappa shape index (κ2) is 4.54. The molecule has 0 radical (unpaired) electrons. The van der Waals surface area contributed by atoms with Crippen molar-refractivity contribution in [3.8, 4) is 0 Å². The number of hydrogen-bond acceptors (Lipinski definition) is 1. The highest BCUT2D eigenvalue weighted by atomic mass is 35.5. The van der Waals surface area contributed by atoms with Crippen molar-refractivity contribution < 1.29 is 10.7 Å². The SMILES string of the molecule is O[NH2+]/C=C(/Cl)C=C1CCCC1. The van der Waals surface area contributed by atoms with E-state index >= 15 is 0 Å². The van der Waals surface area contributed by atoms with Crippen molar-refractivity contribution in [1.82, 2.24) is 0 Å². The minimum absolute atomic E-state index is 0.615. The Labute approximate surface area is 71.5 Å². The summed E-state index contributed by atoms with van der Waals surface area (Å²) in [6.07, 6.45) is 8.32. The second-order valence-corrected chi connectivity index (χ2v) is 3.15. The third kappa shape index (κ3) is 3.06. The van der Waals surface area contributed by atoms with E-state index in [1.165, 1.54) is 24.6 Å². The molecule has 1 saturated carbocycles. The van der Waals surface area contributed by atoms with Crippen LogP contribution in [-0.4, -0.2) is 5.21 Å². The van der Waals surface area contributed by atoms with Crippen molar-refractivity contribution in [2.45, 2.75) is 25.7 Å². The molecule has 2 nitrogen and oxygen atoms in total. The molecule has 0 aromatic heterocycles. The predicted octanol–water partition coefficient (Wildman–Crippen LogP) is 1.52. The van der Waals surface area contributed by atoms with Crippen LogP contribution in [0.2, 0.25) is 0 Å². The first-order valence-electron chi connectivity index (χ1n) is 3.85. The Morgan fingerprint density at radius 1 is 1.45 bits per heavy atom. The lowest BCUT2D eigenvalue weighted by molar-refractivity contribution is -0.838. The molecule has 0 atom stereocenters. The molecule has 1 aliphatic carbocycles. The van der Waals surface area contributed by atoms with Crippen molar-refractivity contribution in [1.29, 1.82) is 0 Å². The number of allylic oxidation sites excluding steroid dienone is 3. The predicted molar refractivity (Wildman–Crippen MR) is 44.2 cm³/mol. The van der Waals surface area contributed by atoms with E-state index in [1.807, 2.05) is 6.08 Å². The molecular formula is C8H13ClNO+. The van der Waals surface area contributed by atoms with Gasteiger partial charge in [0.2, 0.25) is 0 Å². The van der Waals surface area contributed by atoms with Crippen LogP contribution in [0.5, 0.6) is 0 Å². The highest BCUT2D eigenvalue weighted by Gasteiger charge is 2.06. The van der Waals surface area contributed by atoms with Gasteiger partial charge in [-0.1, -0.05) is 17.2 Å². The van der Waals surface area contributed by atoms with Crippen LogP contribution in [0, 0.1) is 0 Å². The summed E-state index contributed by atoms with van der Waals surface area (Å²) in [5, 5.41) is 9.01. The van der Waals surface area contributed by atoms with Crippen LogP contribution in [0.25, 0.3) is 0 Å². The Hall–Kier alpha value is -0.310. The molecule has 11 heavy (non-hydrogen) atoms. The number of hydroxylamine groups is 1. The van der Waals surface area contributed by atoms with E-state index in [4.69, 9.17) is 16.8 Å². The summed E-state index contributed by atoms with van der Waals surface area (Å²) in [6.45, 7) is 0. The van der Waals surface area contributed by atoms with E-state index in [0.29, 0.717) is 5.03 Å². The van der Waals surface area contributed by atoms with Gasteiger partial charge in [-0.15, -0.1) is 0 Å². The molecule has 3 heteroatoms. The van der Waals surface area contributed by atoms with Gasteiger partial charge in [0.05, 0.1) is 5.03 Å². The van der Waals surface area contributed by atoms with Gasteiger partial charge in [-0.3, -0.25) is 0 Å². The summed E-state index contributed by atoms with van der Waals surface area (Å²) in [4.78, 5) is 0. The smallest absolute Gasteiger partial charge is 0.144 e. The van der Waals surface area contributed by atoms with Gasteiger partial charge in [-0.25, -0.2) is 5.21 Å². The van der Waals surface area contributed by atoms with Gasteiger partial charge in [-0.05, 0) is 31.8 Å². The van der Waals surface area contributed by atoms with Gasteiger partial charge in [0.15, 0.2) is 0 Å². The molecule has 0 unspecified atom stereocenters. The molecule has 62 valence electrons. The average molecular weight is 175 g/mol. The summed E-state index contributed by atoms with van der Waals surface area (Å²) in [5.41, 5.74) is 2.36. The van der Waals surface area contributed by atoms with Crippen molar-refractivity contribution >= 4 is 11.6 Å². The van der Waals surface area contributed by atoms with Crippen LogP contribution < -0.4 is 5.48 Å². The number of quaternary nitrogens is 1. The summed E-state index contributed by atoms with van der Waals surface area (Å²) in [7, 11) is 0. The Balaban J connectivity index is 2.49. The topological polar surface area (TPSA) is 36.8 Å².